The van der Waals surface area contributed by atoms with Crippen LogP contribution in [0, 0.1) is 0 Å². The number of aromatic nitrogens is 1. The van der Waals surface area contributed by atoms with Crippen molar-refractivity contribution >= 4 is 40.8 Å². The second-order valence-electron chi connectivity index (χ2n) is 5.58. The van der Waals surface area contributed by atoms with Crippen LogP contribution in [0.1, 0.15) is 39.0 Å². The van der Waals surface area contributed by atoms with Crippen LogP contribution in [-0.4, -0.2) is 47.3 Å². The molecule has 2 rings (SSSR count). The second-order valence-corrected chi connectivity index (χ2v) is 9.40. The van der Waals surface area contributed by atoms with Crippen LogP contribution in [0.3, 0.4) is 0 Å². The van der Waals surface area contributed by atoms with Crippen molar-refractivity contribution in [3.63, 3.8) is 0 Å². The van der Waals surface area contributed by atoms with E-state index in [1.807, 2.05) is 30.4 Å². The van der Waals surface area contributed by atoms with Crippen molar-refractivity contribution in [1.29, 1.82) is 0 Å². The zero-order valence-electron chi connectivity index (χ0n) is 14.1. The lowest BCUT2D eigenvalue weighted by atomic mass is 9.95. The largest absolute Gasteiger partial charge is 0.356 e. The standard InChI is InChI=1S/C16H28N4S3/c1-3-21-14-7-4-6-13(12-14)20-15(17-2)18-8-5-10-22-16-19-9-11-23-16/h9,11,13-14H,3-8,10,12H2,1-2H3,(H2,17,18,20). The molecule has 0 amide bonds. The number of aliphatic imine (C=N–C) groups is 1. The van der Waals surface area contributed by atoms with Gasteiger partial charge in [-0.05, 0) is 31.4 Å². The summed E-state index contributed by atoms with van der Waals surface area (Å²) in [6.45, 7) is 3.21. The molecule has 130 valence electrons. The summed E-state index contributed by atoms with van der Waals surface area (Å²) < 4.78 is 1.16. The molecule has 0 saturated heterocycles. The van der Waals surface area contributed by atoms with Gasteiger partial charge in [-0.1, -0.05) is 25.1 Å². The Labute approximate surface area is 152 Å². The van der Waals surface area contributed by atoms with E-state index in [0.717, 1.165) is 34.3 Å². The fraction of sp³-hybridized carbons (Fsp3) is 0.750. The van der Waals surface area contributed by atoms with Gasteiger partial charge in [-0.25, -0.2) is 4.98 Å². The molecule has 0 radical (unpaired) electrons. The predicted octanol–water partition coefficient (Wildman–Crippen LogP) is 3.85. The summed E-state index contributed by atoms with van der Waals surface area (Å²) in [5.41, 5.74) is 0. The molecule has 0 spiro atoms. The number of guanidine groups is 1. The van der Waals surface area contributed by atoms with Crippen LogP contribution in [0.5, 0.6) is 0 Å². The average molecular weight is 373 g/mol. The van der Waals surface area contributed by atoms with Gasteiger partial charge in [0.1, 0.15) is 4.34 Å². The van der Waals surface area contributed by atoms with Gasteiger partial charge in [0.15, 0.2) is 5.96 Å². The molecule has 23 heavy (non-hydrogen) atoms. The number of nitrogens with zero attached hydrogens (tertiary/aromatic N) is 2. The first-order chi connectivity index (χ1) is 11.3. The Balaban J connectivity index is 1.61. The Morgan fingerprint density at radius 2 is 2.39 bits per heavy atom. The van der Waals surface area contributed by atoms with Gasteiger partial charge in [0.2, 0.25) is 0 Å². The fourth-order valence-corrected chi connectivity index (χ4v) is 5.59. The highest BCUT2D eigenvalue weighted by molar-refractivity contribution is 8.01. The van der Waals surface area contributed by atoms with Gasteiger partial charge in [0.05, 0.1) is 0 Å². The van der Waals surface area contributed by atoms with Crippen molar-refractivity contribution in [2.75, 3.05) is 25.1 Å². The minimum Gasteiger partial charge on any atom is -0.356 e. The molecule has 0 bridgehead atoms. The van der Waals surface area contributed by atoms with Gasteiger partial charge in [0.25, 0.3) is 0 Å². The van der Waals surface area contributed by atoms with Crippen LogP contribution >= 0.6 is 34.9 Å². The van der Waals surface area contributed by atoms with E-state index in [1.54, 1.807) is 11.3 Å². The van der Waals surface area contributed by atoms with Crippen molar-refractivity contribution in [2.45, 2.75) is 54.7 Å². The van der Waals surface area contributed by atoms with Crippen molar-refractivity contribution in [3.05, 3.63) is 11.6 Å². The molecule has 1 fully saturated rings. The van der Waals surface area contributed by atoms with Gasteiger partial charge >= 0.3 is 0 Å². The molecule has 2 atom stereocenters. The van der Waals surface area contributed by atoms with E-state index in [9.17, 15) is 0 Å². The lowest BCUT2D eigenvalue weighted by molar-refractivity contribution is 0.419. The molecule has 4 nitrogen and oxygen atoms in total. The van der Waals surface area contributed by atoms with E-state index < -0.39 is 0 Å². The maximum absolute atomic E-state index is 4.37. The van der Waals surface area contributed by atoms with Crippen LogP contribution < -0.4 is 10.6 Å². The molecular formula is C16H28N4S3. The highest BCUT2D eigenvalue weighted by atomic mass is 32.2. The monoisotopic (exact) mass is 372 g/mol. The molecule has 1 aliphatic carbocycles. The third kappa shape index (κ3) is 7.35. The Morgan fingerprint density at radius 1 is 1.48 bits per heavy atom. The molecular weight excluding hydrogens is 344 g/mol. The Hall–Kier alpha value is -0.400. The van der Waals surface area contributed by atoms with Gasteiger partial charge in [0, 0.05) is 42.2 Å². The third-order valence-corrected chi connectivity index (χ3v) is 7.13. The minimum atomic E-state index is 0.573. The van der Waals surface area contributed by atoms with Crippen molar-refractivity contribution in [1.82, 2.24) is 15.6 Å². The first-order valence-corrected chi connectivity index (χ1v) is 11.3. The van der Waals surface area contributed by atoms with Crippen molar-refractivity contribution in [2.24, 2.45) is 4.99 Å². The lowest BCUT2D eigenvalue weighted by Crippen LogP contribution is -2.46. The van der Waals surface area contributed by atoms with E-state index in [0.29, 0.717) is 6.04 Å². The molecule has 0 aliphatic heterocycles. The van der Waals surface area contributed by atoms with Crippen molar-refractivity contribution < 1.29 is 0 Å². The number of rotatable bonds is 8. The molecule has 1 saturated carbocycles. The van der Waals surface area contributed by atoms with E-state index in [4.69, 9.17) is 0 Å². The molecule has 1 aromatic rings. The molecule has 1 heterocycles. The molecule has 2 unspecified atom stereocenters. The number of thiazole rings is 1. The van der Waals surface area contributed by atoms with Gasteiger partial charge < -0.3 is 10.6 Å². The summed E-state index contributed by atoms with van der Waals surface area (Å²) in [5.74, 6) is 3.27. The summed E-state index contributed by atoms with van der Waals surface area (Å²) in [6.07, 6.45) is 8.21. The van der Waals surface area contributed by atoms with E-state index in [2.05, 4.69) is 39.3 Å². The van der Waals surface area contributed by atoms with Crippen LogP contribution in [0.15, 0.2) is 20.9 Å². The maximum Gasteiger partial charge on any atom is 0.191 e. The summed E-state index contributed by atoms with van der Waals surface area (Å²) in [5, 5.41) is 9.90. The molecule has 1 aromatic heterocycles. The smallest absolute Gasteiger partial charge is 0.191 e. The van der Waals surface area contributed by atoms with Crippen LogP contribution in [0.2, 0.25) is 0 Å². The topological polar surface area (TPSA) is 49.3 Å². The first kappa shape index (κ1) is 18.9. The zero-order chi connectivity index (χ0) is 16.3. The number of nitrogens with one attached hydrogen (secondary N) is 2. The molecule has 0 aromatic carbocycles. The highest BCUT2D eigenvalue weighted by Crippen LogP contribution is 2.28. The average Bonchev–Trinajstić information content (AvgIpc) is 3.07. The Kier molecular flexibility index (Phi) is 9.22. The fourth-order valence-electron chi connectivity index (χ4n) is 2.77. The number of hydrogen-bond donors (Lipinski definition) is 2. The van der Waals surface area contributed by atoms with E-state index in [-0.39, 0.29) is 0 Å². The second kappa shape index (κ2) is 11.2. The van der Waals surface area contributed by atoms with Crippen LogP contribution in [-0.2, 0) is 0 Å². The highest BCUT2D eigenvalue weighted by Gasteiger charge is 2.22. The van der Waals surface area contributed by atoms with Gasteiger partial charge in [-0.3, -0.25) is 4.99 Å². The summed E-state index contributed by atoms with van der Waals surface area (Å²) >= 11 is 5.65. The summed E-state index contributed by atoms with van der Waals surface area (Å²) in [7, 11) is 1.86. The maximum atomic E-state index is 4.37. The zero-order valence-corrected chi connectivity index (χ0v) is 16.5. The first-order valence-electron chi connectivity index (χ1n) is 8.43. The SMILES string of the molecule is CCSC1CCCC(NC(=NC)NCCCSc2nccs2)C1. The summed E-state index contributed by atoms with van der Waals surface area (Å²) in [6, 6.07) is 0.573. The molecule has 1 aliphatic rings. The van der Waals surface area contributed by atoms with Crippen molar-refractivity contribution in [3.8, 4) is 0 Å². The Bertz CT molecular complexity index is 448. The van der Waals surface area contributed by atoms with Crippen LogP contribution in [0.25, 0.3) is 0 Å². The predicted molar refractivity (Wildman–Crippen MR) is 106 cm³/mol. The summed E-state index contributed by atoms with van der Waals surface area (Å²) in [4.78, 5) is 8.66. The molecule has 2 N–H and O–H groups in total. The van der Waals surface area contributed by atoms with E-state index >= 15 is 0 Å². The van der Waals surface area contributed by atoms with Crippen LogP contribution in [0.4, 0.5) is 0 Å². The Morgan fingerprint density at radius 3 is 3.13 bits per heavy atom. The lowest BCUT2D eigenvalue weighted by Gasteiger charge is -2.30. The number of thioether (sulfide) groups is 2. The quantitative estimate of drug-likeness (QED) is 0.314. The van der Waals surface area contributed by atoms with Gasteiger partial charge in [-0.15, -0.1) is 11.3 Å². The number of hydrogen-bond acceptors (Lipinski definition) is 5. The minimum absolute atomic E-state index is 0.573. The molecule has 7 heteroatoms. The third-order valence-electron chi connectivity index (χ3n) is 3.84. The normalized spacial score (nSPS) is 22.1. The van der Waals surface area contributed by atoms with E-state index in [1.165, 1.54) is 31.4 Å². The van der Waals surface area contributed by atoms with Gasteiger partial charge in [-0.2, -0.15) is 11.8 Å².